The molecule has 2 fully saturated rings. The number of hydrogen-bond donors (Lipinski definition) is 2. The predicted molar refractivity (Wildman–Crippen MR) is 75.7 cm³/mol. The summed E-state index contributed by atoms with van der Waals surface area (Å²) in [6, 6.07) is 0.222. The van der Waals surface area contributed by atoms with Gasteiger partial charge in [-0.1, -0.05) is 12.2 Å². The maximum Gasteiger partial charge on any atom is 0.227 e. The molecule has 20 heavy (non-hydrogen) atoms. The van der Waals surface area contributed by atoms with Gasteiger partial charge in [0.25, 0.3) is 0 Å². The van der Waals surface area contributed by atoms with E-state index >= 15 is 0 Å². The van der Waals surface area contributed by atoms with Crippen LogP contribution in [-0.4, -0.2) is 41.9 Å². The SMILES string of the molecule is NC1C=CC(C(=O)NC2CCN(C(=O)C3CC3)CC2)C1. The lowest BCUT2D eigenvalue weighted by molar-refractivity contribution is -0.133. The van der Waals surface area contributed by atoms with Crippen molar-refractivity contribution in [3.05, 3.63) is 12.2 Å². The van der Waals surface area contributed by atoms with Gasteiger partial charge in [-0.2, -0.15) is 0 Å². The first kappa shape index (κ1) is 13.6. The molecular formula is C15H23N3O2. The molecule has 2 unspecified atom stereocenters. The zero-order chi connectivity index (χ0) is 14.1. The Kier molecular flexibility index (Phi) is 3.78. The van der Waals surface area contributed by atoms with Crippen LogP contribution in [0.5, 0.6) is 0 Å². The van der Waals surface area contributed by atoms with E-state index in [-0.39, 0.29) is 23.9 Å². The Balaban J connectivity index is 1.43. The fourth-order valence-corrected chi connectivity index (χ4v) is 3.06. The second-order valence-corrected chi connectivity index (χ2v) is 6.27. The quantitative estimate of drug-likeness (QED) is 0.734. The van der Waals surface area contributed by atoms with Crippen molar-refractivity contribution in [1.29, 1.82) is 0 Å². The summed E-state index contributed by atoms with van der Waals surface area (Å²) in [6.07, 6.45) is 8.38. The van der Waals surface area contributed by atoms with Crippen LogP contribution in [0.25, 0.3) is 0 Å². The lowest BCUT2D eigenvalue weighted by Crippen LogP contribution is -2.48. The van der Waals surface area contributed by atoms with Crippen molar-refractivity contribution in [3.8, 4) is 0 Å². The maximum absolute atomic E-state index is 12.1. The molecule has 0 spiro atoms. The summed E-state index contributed by atoms with van der Waals surface area (Å²) in [7, 11) is 0. The largest absolute Gasteiger partial charge is 0.353 e. The Morgan fingerprint density at radius 2 is 1.80 bits per heavy atom. The summed E-state index contributed by atoms with van der Waals surface area (Å²) in [6.45, 7) is 1.56. The first-order chi connectivity index (χ1) is 9.63. The van der Waals surface area contributed by atoms with Crippen molar-refractivity contribution in [1.82, 2.24) is 10.2 Å². The van der Waals surface area contributed by atoms with Crippen molar-refractivity contribution < 1.29 is 9.59 Å². The van der Waals surface area contributed by atoms with Gasteiger partial charge >= 0.3 is 0 Å². The fourth-order valence-electron chi connectivity index (χ4n) is 3.06. The summed E-state index contributed by atoms with van der Waals surface area (Å²) in [5.41, 5.74) is 5.77. The molecule has 5 nitrogen and oxygen atoms in total. The van der Waals surface area contributed by atoms with E-state index in [0.717, 1.165) is 38.8 Å². The third-order valence-electron chi connectivity index (χ3n) is 4.53. The van der Waals surface area contributed by atoms with Gasteiger partial charge in [0, 0.05) is 31.1 Å². The molecule has 0 aromatic carbocycles. The molecule has 1 heterocycles. The smallest absolute Gasteiger partial charge is 0.227 e. The van der Waals surface area contributed by atoms with Crippen LogP contribution < -0.4 is 11.1 Å². The molecule has 0 aromatic rings. The van der Waals surface area contributed by atoms with Crippen LogP contribution in [0, 0.1) is 11.8 Å². The van der Waals surface area contributed by atoms with Crippen LogP contribution in [0.1, 0.15) is 32.1 Å². The van der Waals surface area contributed by atoms with E-state index in [1.165, 1.54) is 0 Å². The average molecular weight is 277 g/mol. The van der Waals surface area contributed by atoms with Crippen molar-refractivity contribution >= 4 is 11.8 Å². The zero-order valence-electron chi connectivity index (χ0n) is 11.8. The topological polar surface area (TPSA) is 75.4 Å². The molecule has 1 saturated carbocycles. The van der Waals surface area contributed by atoms with Crippen molar-refractivity contribution in [2.75, 3.05) is 13.1 Å². The zero-order valence-corrected chi connectivity index (χ0v) is 11.8. The molecular weight excluding hydrogens is 254 g/mol. The van der Waals surface area contributed by atoms with Crippen molar-refractivity contribution in [2.24, 2.45) is 17.6 Å². The van der Waals surface area contributed by atoms with E-state index < -0.39 is 0 Å². The van der Waals surface area contributed by atoms with Crippen LogP contribution in [-0.2, 0) is 9.59 Å². The number of amides is 2. The van der Waals surface area contributed by atoms with Gasteiger partial charge in [-0.3, -0.25) is 9.59 Å². The summed E-state index contributed by atoms with van der Waals surface area (Å²) in [4.78, 5) is 26.0. The third kappa shape index (κ3) is 3.03. The van der Waals surface area contributed by atoms with Crippen molar-refractivity contribution in [2.45, 2.75) is 44.2 Å². The van der Waals surface area contributed by atoms with Crippen LogP contribution in [0.4, 0.5) is 0 Å². The Bertz CT molecular complexity index is 423. The third-order valence-corrected chi connectivity index (χ3v) is 4.53. The summed E-state index contributed by atoms with van der Waals surface area (Å²) in [5, 5.41) is 3.10. The number of nitrogens with two attached hydrogens (primary N) is 1. The molecule has 5 heteroatoms. The number of likely N-dealkylation sites (tertiary alicyclic amines) is 1. The van der Waals surface area contributed by atoms with Gasteiger partial charge in [0.2, 0.25) is 11.8 Å². The minimum atomic E-state index is -0.0730. The van der Waals surface area contributed by atoms with Gasteiger partial charge in [-0.05, 0) is 32.1 Å². The number of carbonyl (C=O) groups is 2. The van der Waals surface area contributed by atoms with E-state index in [4.69, 9.17) is 5.73 Å². The summed E-state index contributed by atoms with van der Waals surface area (Å²) < 4.78 is 0. The number of nitrogens with one attached hydrogen (secondary N) is 1. The molecule has 1 saturated heterocycles. The van der Waals surface area contributed by atoms with E-state index in [2.05, 4.69) is 5.32 Å². The van der Waals surface area contributed by atoms with Crippen molar-refractivity contribution in [3.63, 3.8) is 0 Å². The highest BCUT2D eigenvalue weighted by Crippen LogP contribution is 2.31. The number of hydrogen-bond acceptors (Lipinski definition) is 3. The normalized spacial score (nSPS) is 30.6. The van der Waals surface area contributed by atoms with E-state index in [1.54, 1.807) is 0 Å². The number of rotatable bonds is 3. The highest BCUT2D eigenvalue weighted by Gasteiger charge is 2.35. The van der Waals surface area contributed by atoms with Gasteiger partial charge < -0.3 is 16.0 Å². The highest BCUT2D eigenvalue weighted by molar-refractivity contribution is 5.82. The first-order valence-electron chi connectivity index (χ1n) is 7.66. The molecule has 3 N–H and O–H groups in total. The van der Waals surface area contributed by atoms with Crippen LogP contribution in [0.2, 0.25) is 0 Å². The average Bonchev–Trinajstić information content (AvgIpc) is 3.20. The first-order valence-corrected chi connectivity index (χ1v) is 7.66. The Labute approximate surface area is 119 Å². The molecule has 2 amide bonds. The lowest BCUT2D eigenvalue weighted by atomic mass is 10.0. The molecule has 2 aliphatic carbocycles. The van der Waals surface area contributed by atoms with E-state index in [1.807, 2.05) is 17.1 Å². The number of piperidine rings is 1. The highest BCUT2D eigenvalue weighted by atomic mass is 16.2. The van der Waals surface area contributed by atoms with E-state index in [9.17, 15) is 9.59 Å². The Hall–Kier alpha value is -1.36. The van der Waals surface area contributed by atoms with Gasteiger partial charge in [0.15, 0.2) is 0 Å². The fraction of sp³-hybridized carbons (Fsp3) is 0.733. The van der Waals surface area contributed by atoms with Gasteiger partial charge in [-0.25, -0.2) is 0 Å². The molecule has 3 aliphatic rings. The Morgan fingerprint density at radius 3 is 2.35 bits per heavy atom. The second-order valence-electron chi connectivity index (χ2n) is 6.27. The summed E-state index contributed by atoms with van der Waals surface area (Å²) >= 11 is 0. The standard InChI is InChI=1S/C15H23N3O2/c16-12-4-3-11(9-12)14(19)17-13-5-7-18(8-6-13)15(20)10-1-2-10/h3-4,10-13H,1-2,5-9,16H2,(H,17,19). The molecule has 110 valence electrons. The van der Waals surface area contributed by atoms with Crippen LogP contribution in [0.15, 0.2) is 12.2 Å². The molecule has 0 bridgehead atoms. The number of nitrogens with zero attached hydrogens (tertiary/aromatic N) is 1. The Morgan fingerprint density at radius 1 is 1.10 bits per heavy atom. The van der Waals surface area contributed by atoms with Gasteiger partial charge in [0.05, 0.1) is 5.92 Å². The molecule has 0 radical (unpaired) electrons. The maximum atomic E-state index is 12.1. The van der Waals surface area contributed by atoms with Gasteiger partial charge in [-0.15, -0.1) is 0 Å². The lowest BCUT2D eigenvalue weighted by Gasteiger charge is -2.33. The van der Waals surface area contributed by atoms with Crippen LogP contribution in [0.3, 0.4) is 0 Å². The molecule has 2 atom stereocenters. The number of carbonyl (C=O) groups excluding carboxylic acids is 2. The molecule has 3 rings (SSSR count). The molecule has 1 aliphatic heterocycles. The summed E-state index contributed by atoms with van der Waals surface area (Å²) in [5.74, 6) is 0.628. The molecule has 0 aromatic heterocycles. The van der Waals surface area contributed by atoms with E-state index in [0.29, 0.717) is 18.2 Å². The monoisotopic (exact) mass is 277 g/mol. The van der Waals surface area contributed by atoms with Crippen LogP contribution >= 0.6 is 0 Å². The second kappa shape index (κ2) is 5.56. The predicted octanol–water partition coefficient (Wildman–Crippen LogP) is 0.407. The minimum absolute atomic E-state index is 0.0174. The minimum Gasteiger partial charge on any atom is -0.353 e. The van der Waals surface area contributed by atoms with Gasteiger partial charge in [0.1, 0.15) is 0 Å².